The molecule has 0 radical (unpaired) electrons. The summed E-state index contributed by atoms with van der Waals surface area (Å²) >= 11 is 0. The molecule has 1 aromatic rings. The van der Waals surface area contributed by atoms with E-state index in [9.17, 15) is 4.79 Å². The van der Waals surface area contributed by atoms with Crippen LogP contribution in [-0.2, 0) is 18.3 Å². The van der Waals surface area contributed by atoms with Gasteiger partial charge in [-0.25, -0.2) is 4.79 Å². The van der Waals surface area contributed by atoms with Crippen molar-refractivity contribution in [2.75, 3.05) is 19.7 Å². The van der Waals surface area contributed by atoms with E-state index >= 15 is 0 Å². The fourth-order valence-electron chi connectivity index (χ4n) is 1.98. The van der Waals surface area contributed by atoms with Gasteiger partial charge < -0.3 is 4.74 Å². The zero-order chi connectivity index (χ0) is 15.1. The molecule has 1 heterocycles. The molecule has 1 aromatic heterocycles. The normalized spacial score (nSPS) is 12.2. The molecule has 0 saturated heterocycles. The average Bonchev–Trinajstić information content (AvgIpc) is 2.79. The predicted molar refractivity (Wildman–Crippen MR) is 74.9 cm³/mol. The number of carbonyl (C=O) groups is 1. The Bertz CT molecular complexity index is 490. The van der Waals surface area contributed by atoms with Crippen LogP contribution in [0.2, 0.25) is 0 Å². The van der Waals surface area contributed by atoms with Crippen LogP contribution in [0.25, 0.3) is 0 Å². The molecule has 0 bridgehead atoms. The van der Waals surface area contributed by atoms with Crippen LogP contribution >= 0.6 is 0 Å². The van der Waals surface area contributed by atoms with Gasteiger partial charge in [-0.05, 0) is 20.4 Å². The zero-order valence-corrected chi connectivity index (χ0v) is 12.6. The Morgan fingerprint density at radius 3 is 2.85 bits per heavy atom. The second-order valence-electron chi connectivity index (χ2n) is 4.71. The van der Waals surface area contributed by atoms with Crippen LogP contribution in [-0.4, -0.2) is 40.3 Å². The van der Waals surface area contributed by atoms with E-state index in [4.69, 9.17) is 10.00 Å². The smallest absolute Gasteiger partial charge is 0.341 e. The minimum absolute atomic E-state index is 0.0470. The maximum atomic E-state index is 11.9. The maximum Gasteiger partial charge on any atom is 0.341 e. The number of hydrogen-bond acceptors (Lipinski definition) is 5. The number of nitriles is 1. The summed E-state index contributed by atoms with van der Waals surface area (Å²) in [5.41, 5.74) is 1.31. The molecule has 0 aliphatic carbocycles. The SMILES string of the molecule is CCOC(=O)c1cnn(C)c1CN(CC)CC(C)C#N. The summed E-state index contributed by atoms with van der Waals surface area (Å²) in [5.74, 6) is -0.394. The van der Waals surface area contributed by atoms with Crippen molar-refractivity contribution < 1.29 is 9.53 Å². The predicted octanol–water partition coefficient (Wildman–Crippen LogP) is 1.58. The third-order valence-electron chi connectivity index (χ3n) is 3.13. The lowest BCUT2D eigenvalue weighted by Crippen LogP contribution is -2.29. The van der Waals surface area contributed by atoms with Gasteiger partial charge >= 0.3 is 5.97 Å². The highest BCUT2D eigenvalue weighted by Crippen LogP contribution is 2.13. The largest absolute Gasteiger partial charge is 0.462 e. The number of esters is 1. The molecule has 0 amide bonds. The van der Waals surface area contributed by atoms with E-state index in [2.05, 4.69) is 16.1 Å². The molecule has 6 heteroatoms. The van der Waals surface area contributed by atoms with Gasteiger partial charge in [0.2, 0.25) is 0 Å². The van der Waals surface area contributed by atoms with Crippen molar-refractivity contribution in [3.8, 4) is 6.07 Å². The number of aromatic nitrogens is 2. The molecule has 0 saturated carbocycles. The fraction of sp³-hybridized carbons (Fsp3) is 0.643. The Morgan fingerprint density at radius 1 is 1.60 bits per heavy atom. The molecule has 1 unspecified atom stereocenters. The first-order chi connectivity index (χ1) is 9.53. The van der Waals surface area contributed by atoms with E-state index in [1.165, 1.54) is 6.20 Å². The lowest BCUT2D eigenvalue weighted by atomic mass is 10.1. The van der Waals surface area contributed by atoms with Crippen molar-refractivity contribution in [1.29, 1.82) is 5.26 Å². The average molecular weight is 278 g/mol. The Morgan fingerprint density at radius 2 is 2.30 bits per heavy atom. The Kier molecular flexibility index (Phi) is 6.19. The summed E-state index contributed by atoms with van der Waals surface area (Å²) in [4.78, 5) is 14.0. The number of nitrogens with zero attached hydrogens (tertiary/aromatic N) is 4. The number of hydrogen-bond donors (Lipinski definition) is 0. The molecular weight excluding hydrogens is 256 g/mol. The van der Waals surface area contributed by atoms with Gasteiger partial charge in [-0.3, -0.25) is 9.58 Å². The fourth-order valence-corrected chi connectivity index (χ4v) is 1.98. The maximum absolute atomic E-state index is 11.9. The molecule has 0 aliphatic heterocycles. The first kappa shape index (κ1) is 16.2. The zero-order valence-electron chi connectivity index (χ0n) is 12.6. The molecule has 6 nitrogen and oxygen atoms in total. The van der Waals surface area contributed by atoms with Gasteiger partial charge in [0, 0.05) is 20.1 Å². The van der Waals surface area contributed by atoms with Gasteiger partial charge in [0.1, 0.15) is 5.56 Å². The van der Waals surface area contributed by atoms with Gasteiger partial charge in [0.15, 0.2) is 0 Å². The molecule has 110 valence electrons. The Labute approximate surface area is 119 Å². The molecule has 20 heavy (non-hydrogen) atoms. The summed E-state index contributed by atoms with van der Waals surface area (Å²) in [6.45, 7) is 8.09. The Balaban J connectivity index is 2.87. The summed E-state index contributed by atoms with van der Waals surface area (Å²) in [7, 11) is 1.81. The first-order valence-corrected chi connectivity index (χ1v) is 6.83. The summed E-state index contributed by atoms with van der Waals surface area (Å²) in [6.07, 6.45) is 1.54. The van der Waals surface area contributed by atoms with Crippen LogP contribution in [0.15, 0.2) is 6.20 Å². The minimum Gasteiger partial charge on any atom is -0.462 e. The van der Waals surface area contributed by atoms with Crippen LogP contribution in [0, 0.1) is 17.2 Å². The molecule has 1 atom stereocenters. The van der Waals surface area contributed by atoms with Crippen LogP contribution in [0.5, 0.6) is 0 Å². The van der Waals surface area contributed by atoms with Crippen molar-refractivity contribution in [2.24, 2.45) is 13.0 Å². The number of aryl methyl sites for hydroxylation is 1. The van der Waals surface area contributed by atoms with Gasteiger partial charge in [-0.2, -0.15) is 10.4 Å². The highest BCUT2D eigenvalue weighted by Gasteiger charge is 2.19. The number of ether oxygens (including phenoxy) is 1. The molecule has 0 aliphatic rings. The molecule has 0 spiro atoms. The quantitative estimate of drug-likeness (QED) is 0.708. The molecule has 1 rings (SSSR count). The molecule has 0 fully saturated rings. The van der Waals surface area contributed by atoms with Gasteiger partial charge in [-0.15, -0.1) is 0 Å². The van der Waals surface area contributed by atoms with Gasteiger partial charge in [0.05, 0.1) is 30.5 Å². The van der Waals surface area contributed by atoms with Gasteiger partial charge in [0.25, 0.3) is 0 Å². The number of carbonyl (C=O) groups excluding carboxylic acids is 1. The second-order valence-corrected chi connectivity index (χ2v) is 4.71. The minimum atomic E-state index is -0.347. The van der Waals surface area contributed by atoms with Crippen LogP contribution in [0.4, 0.5) is 0 Å². The highest BCUT2D eigenvalue weighted by atomic mass is 16.5. The summed E-state index contributed by atoms with van der Waals surface area (Å²) in [6, 6.07) is 2.23. The van der Waals surface area contributed by atoms with Crippen molar-refractivity contribution in [1.82, 2.24) is 14.7 Å². The van der Waals surface area contributed by atoms with E-state index in [1.807, 2.05) is 13.8 Å². The van der Waals surface area contributed by atoms with E-state index in [-0.39, 0.29) is 11.9 Å². The standard InChI is InChI=1S/C14H22N4O2/c1-5-18(9-11(3)7-15)10-13-12(8-16-17(13)4)14(19)20-6-2/h8,11H,5-6,9-10H2,1-4H3. The van der Waals surface area contributed by atoms with E-state index in [0.717, 1.165) is 12.2 Å². The van der Waals surface area contributed by atoms with E-state index < -0.39 is 0 Å². The molecule has 0 aromatic carbocycles. The first-order valence-electron chi connectivity index (χ1n) is 6.83. The monoisotopic (exact) mass is 278 g/mol. The van der Waals surface area contributed by atoms with Gasteiger partial charge in [-0.1, -0.05) is 6.92 Å². The Hall–Kier alpha value is -1.87. The van der Waals surface area contributed by atoms with Crippen LogP contribution < -0.4 is 0 Å². The van der Waals surface area contributed by atoms with Crippen LogP contribution in [0.3, 0.4) is 0 Å². The van der Waals surface area contributed by atoms with E-state index in [1.54, 1.807) is 18.7 Å². The lowest BCUT2D eigenvalue weighted by molar-refractivity contribution is 0.0523. The highest BCUT2D eigenvalue weighted by molar-refractivity contribution is 5.90. The van der Waals surface area contributed by atoms with Crippen molar-refractivity contribution in [2.45, 2.75) is 27.3 Å². The third-order valence-corrected chi connectivity index (χ3v) is 3.13. The number of rotatable bonds is 7. The molecular formula is C14H22N4O2. The lowest BCUT2D eigenvalue weighted by Gasteiger charge is -2.22. The summed E-state index contributed by atoms with van der Waals surface area (Å²) < 4.78 is 6.72. The second kappa shape index (κ2) is 7.65. The molecule has 0 N–H and O–H groups in total. The van der Waals surface area contributed by atoms with Crippen molar-refractivity contribution in [3.05, 3.63) is 17.5 Å². The van der Waals surface area contributed by atoms with Crippen LogP contribution in [0.1, 0.15) is 36.8 Å². The summed E-state index contributed by atoms with van der Waals surface area (Å²) in [5, 5.41) is 13.0. The van der Waals surface area contributed by atoms with Crippen molar-refractivity contribution >= 4 is 5.97 Å². The third kappa shape index (κ3) is 4.07. The van der Waals surface area contributed by atoms with E-state index in [0.29, 0.717) is 25.3 Å². The van der Waals surface area contributed by atoms with Crippen molar-refractivity contribution in [3.63, 3.8) is 0 Å². The topological polar surface area (TPSA) is 71.2 Å².